The van der Waals surface area contributed by atoms with E-state index in [2.05, 4.69) is 65.0 Å². The second kappa shape index (κ2) is 7.90. The first-order valence-electron chi connectivity index (χ1n) is 9.50. The van der Waals surface area contributed by atoms with Crippen molar-refractivity contribution in [3.63, 3.8) is 0 Å². The van der Waals surface area contributed by atoms with Crippen LogP contribution in [0.3, 0.4) is 0 Å². The summed E-state index contributed by atoms with van der Waals surface area (Å²) in [5, 5.41) is 0. The molecule has 1 fully saturated rings. The van der Waals surface area contributed by atoms with Crippen LogP contribution in [-0.2, 0) is 6.42 Å². The lowest BCUT2D eigenvalue weighted by molar-refractivity contribution is 0.577. The second-order valence-corrected chi connectivity index (χ2v) is 7.63. The Bertz CT molecular complexity index is 766. The van der Waals surface area contributed by atoms with Gasteiger partial charge in [-0.05, 0) is 37.0 Å². The van der Waals surface area contributed by atoms with Crippen LogP contribution in [0.4, 0.5) is 28.8 Å². The minimum atomic E-state index is 0.208. The maximum absolute atomic E-state index is 6.05. The van der Waals surface area contributed by atoms with Gasteiger partial charge < -0.3 is 26.2 Å². The first-order chi connectivity index (χ1) is 12.9. The van der Waals surface area contributed by atoms with E-state index in [1.54, 1.807) is 6.20 Å². The third-order valence-electron chi connectivity index (χ3n) is 5.08. The Labute approximate surface area is 162 Å². The molecule has 4 N–H and O–H groups in total. The highest BCUT2D eigenvalue weighted by Crippen LogP contribution is 2.40. The fourth-order valence-corrected chi connectivity index (χ4v) is 3.68. The monoisotopic (exact) mass is 369 g/mol. The molecule has 27 heavy (non-hydrogen) atoms. The van der Waals surface area contributed by atoms with Gasteiger partial charge in [-0.3, -0.25) is 0 Å². The van der Waals surface area contributed by atoms with Gasteiger partial charge in [-0.25, -0.2) is 4.98 Å². The van der Waals surface area contributed by atoms with Gasteiger partial charge in [-0.1, -0.05) is 0 Å². The lowest BCUT2D eigenvalue weighted by Gasteiger charge is -2.36. The first-order valence-corrected chi connectivity index (χ1v) is 9.50. The van der Waals surface area contributed by atoms with E-state index in [9.17, 15) is 0 Å². The number of anilines is 5. The zero-order chi connectivity index (χ0) is 19.6. The van der Waals surface area contributed by atoms with Gasteiger partial charge in [-0.2, -0.15) is 4.98 Å². The highest BCUT2D eigenvalue weighted by molar-refractivity contribution is 5.85. The smallest absolute Gasteiger partial charge is 0.221 e. The number of aromatic nitrogens is 2. The van der Waals surface area contributed by atoms with E-state index in [1.165, 1.54) is 41.9 Å². The third-order valence-corrected chi connectivity index (χ3v) is 5.08. The van der Waals surface area contributed by atoms with E-state index in [1.807, 2.05) is 0 Å². The Kier molecular flexibility index (Phi) is 5.58. The van der Waals surface area contributed by atoms with Gasteiger partial charge in [0.25, 0.3) is 0 Å². The number of piperidine rings is 1. The van der Waals surface area contributed by atoms with Crippen molar-refractivity contribution in [1.82, 2.24) is 9.97 Å². The van der Waals surface area contributed by atoms with Gasteiger partial charge in [-0.15, -0.1) is 0 Å². The van der Waals surface area contributed by atoms with Crippen LogP contribution in [0.15, 0.2) is 18.3 Å². The number of nitrogens with two attached hydrogens (primary N) is 2. The molecule has 146 valence electrons. The van der Waals surface area contributed by atoms with Crippen LogP contribution >= 0.6 is 0 Å². The summed E-state index contributed by atoms with van der Waals surface area (Å²) in [6.45, 7) is 2.22. The van der Waals surface area contributed by atoms with Crippen molar-refractivity contribution in [2.45, 2.75) is 25.7 Å². The molecule has 1 aromatic heterocycles. The summed E-state index contributed by atoms with van der Waals surface area (Å²) >= 11 is 0. The fourth-order valence-electron chi connectivity index (χ4n) is 3.68. The van der Waals surface area contributed by atoms with Crippen molar-refractivity contribution in [2.75, 3.05) is 67.4 Å². The molecule has 1 aliphatic rings. The van der Waals surface area contributed by atoms with Gasteiger partial charge in [0, 0.05) is 59.5 Å². The molecule has 0 atom stereocenters. The minimum Gasteiger partial charge on any atom is -0.383 e. The van der Waals surface area contributed by atoms with Crippen molar-refractivity contribution >= 4 is 28.8 Å². The number of nitrogens with zero attached hydrogens (tertiary/aromatic N) is 5. The van der Waals surface area contributed by atoms with E-state index in [-0.39, 0.29) is 5.95 Å². The molecule has 1 aromatic carbocycles. The minimum absolute atomic E-state index is 0.208. The van der Waals surface area contributed by atoms with E-state index < -0.39 is 0 Å². The largest absolute Gasteiger partial charge is 0.383 e. The number of nitrogen functional groups attached to an aromatic ring is 2. The molecule has 1 saturated heterocycles. The van der Waals surface area contributed by atoms with Crippen LogP contribution < -0.4 is 26.2 Å². The van der Waals surface area contributed by atoms with Gasteiger partial charge in [0.2, 0.25) is 5.95 Å². The molecule has 2 heterocycles. The molecule has 0 spiro atoms. The van der Waals surface area contributed by atoms with E-state index in [0.29, 0.717) is 12.2 Å². The topological polar surface area (TPSA) is 87.5 Å². The molecular formula is C20H31N7. The molecule has 0 saturated carbocycles. The maximum atomic E-state index is 6.05. The van der Waals surface area contributed by atoms with Crippen molar-refractivity contribution in [3.8, 4) is 0 Å². The Hall–Kier alpha value is -2.70. The molecule has 0 amide bonds. The van der Waals surface area contributed by atoms with Crippen molar-refractivity contribution in [1.29, 1.82) is 0 Å². The molecule has 7 nitrogen and oxygen atoms in total. The van der Waals surface area contributed by atoms with Crippen LogP contribution in [-0.4, -0.2) is 51.2 Å². The molecular weight excluding hydrogens is 338 g/mol. The zero-order valence-corrected chi connectivity index (χ0v) is 16.9. The lowest BCUT2D eigenvalue weighted by Crippen LogP contribution is -2.32. The van der Waals surface area contributed by atoms with Gasteiger partial charge >= 0.3 is 0 Å². The Morgan fingerprint density at radius 2 is 1.56 bits per heavy atom. The fraction of sp³-hybridized carbons (Fsp3) is 0.500. The summed E-state index contributed by atoms with van der Waals surface area (Å²) in [4.78, 5) is 15.1. The maximum Gasteiger partial charge on any atom is 0.221 e. The number of benzene rings is 1. The standard InChI is InChI=1S/C20H31N7/c1-25(2)16-11-14(10-15-13-23-20(22)24-19(15)21)12-17(26(3)4)18(16)27-8-6-5-7-9-27/h11-13H,5-10H2,1-4H3,(H4,21,22,23,24). The number of rotatable bonds is 5. The molecule has 0 aliphatic carbocycles. The molecule has 3 rings (SSSR count). The van der Waals surface area contributed by atoms with Crippen LogP contribution in [0, 0.1) is 0 Å². The van der Waals surface area contributed by atoms with E-state index >= 15 is 0 Å². The second-order valence-electron chi connectivity index (χ2n) is 7.63. The summed E-state index contributed by atoms with van der Waals surface area (Å²) in [6.07, 6.45) is 6.22. The summed E-state index contributed by atoms with van der Waals surface area (Å²) < 4.78 is 0. The molecule has 0 unspecified atom stereocenters. The summed E-state index contributed by atoms with van der Waals surface area (Å²) in [6, 6.07) is 4.51. The van der Waals surface area contributed by atoms with Crippen LogP contribution in [0.2, 0.25) is 0 Å². The van der Waals surface area contributed by atoms with Crippen molar-refractivity contribution in [3.05, 3.63) is 29.5 Å². The SMILES string of the molecule is CN(C)c1cc(Cc2cnc(N)nc2N)cc(N(C)C)c1N1CCCCC1. The normalized spacial score (nSPS) is 14.3. The van der Waals surface area contributed by atoms with Gasteiger partial charge in [0.1, 0.15) is 5.82 Å². The lowest BCUT2D eigenvalue weighted by atomic mass is 10.0. The predicted octanol–water partition coefficient (Wildman–Crippen LogP) is 2.35. The number of hydrogen-bond donors (Lipinski definition) is 2. The van der Waals surface area contributed by atoms with E-state index in [0.717, 1.165) is 18.7 Å². The van der Waals surface area contributed by atoms with Crippen molar-refractivity contribution in [2.24, 2.45) is 0 Å². The van der Waals surface area contributed by atoms with Gasteiger partial charge in [0.05, 0.1) is 17.1 Å². The molecule has 2 aromatic rings. The summed E-state index contributed by atoms with van der Waals surface area (Å²) in [5.41, 5.74) is 17.5. The highest BCUT2D eigenvalue weighted by atomic mass is 15.2. The highest BCUT2D eigenvalue weighted by Gasteiger charge is 2.22. The molecule has 1 aliphatic heterocycles. The van der Waals surface area contributed by atoms with E-state index in [4.69, 9.17) is 11.5 Å². The Morgan fingerprint density at radius 1 is 0.963 bits per heavy atom. The Morgan fingerprint density at radius 3 is 2.07 bits per heavy atom. The third kappa shape index (κ3) is 4.18. The number of hydrogen-bond acceptors (Lipinski definition) is 7. The first kappa shape index (κ1) is 19.1. The molecule has 7 heteroatoms. The quantitative estimate of drug-likeness (QED) is 0.836. The average Bonchev–Trinajstić information content (AvgIpc) is 2.64. The van der Waals surface area contributed by atoms with Crippen molar-refractivity contribution < 1.29 is 0 Å². The van der Waals surface area contributed by atoms with Crippen LogP contribution in [0.1, 0.15) is 30.4 Å². The van der Waals surface area contributed by atoms with Gasteiger partial charge in [0.15, 0.2) is 0 Å². The predicted molar refractivity (Wildman–Crippen MR) is 115 cm³/mol. The molecule has 0 radical (unpaired) electrons. The summed E-state index contributed by atoms with van der Waals surface area (Å²) in [7, 11) is 8.42. The van der Waals surface area contributed by atoms with Crippen LogP contribution in [0.25, 0.3) is 0 Å². The average molecular weight is 370 g/mol. The zero-order valence-electron chi connectivity index (χ0n) is 16.9. The molecule has 0 bridgehead atoms. The summed E-state index contributed by atoms with van der Waals surface area (Å²) in [5.74, 6) is 0.653. The Balaban J connectivity index is 2.05. The van der Waals surface area contributed by atoms with Crippen LogP contribution in [0.5, 0.6) is 0 Å².